The number of benzene rings is 1. The highest BCUT2D eigenvalue weighted by Crippen LogP contribution is 2.30. The summed E-state index contributed by atoms with van der Waals surface area (Å²) in [6.45, 7) is 0.982. The molecule has 8 nitrogen and oxygen atoms in total. The lowest BCUT2D eigenvalue weighted by Crippen LogP contribution is -2.60. The van der Waals surface area contributed by atoms with Crippen molar-refractivity contribution in [2.75, 3.05) is 32.1 Å². The van der Waals surface area contributed by atoms with Crippen LogP contribution >= 0.6 is 0 Å². The van der Waals surface area contributed by atoms with E-state index in [0.29, 0.717) is 30.1 Å². The minimum atomic E-state index is -0.477. The molecule has 0 radical (unpaired) electrons. The SMILES string of the molecule is COc1ccc(-c2ncnc(N3CC(N(C)C(=O)c4ccn(C)n4)C3)c2F)cc1. The molecule has 1 aliphatic rings. The summed E-state index contributed by atoms with van der Waals surface area (Å²) in [6.07, 6.45) is 3.08. The minimum absolute atomic E-state index is 0.0386. The van der Waals surface area contributed by atoms with Crippen LogP contribution in [0.15, 0.2) is 42.9 Å². The highest BCUT2D eigenvalue weighted by atomic mass is 19.1. The Morgan fingerprint density at radius 3 is 2.55 bits per heavy atom. The van der Waals surface area contributed by atoms with Crippen LogP contribution in [0.2, 0.25) is 0 Å². The number of likely N-dealkylation sites (N-methyl/N-ethyl adjacent to an activating group) is 1. The van der Waals surface area contributed by atoms with Crippen LogP contribution in [0.4, 0.5) is 10.2 Å². The van der Waals surface area contributed by atoms with Gasteiger partial charge in [-0.25, -0.2) is 14.4 Å². The predicted octanol–water partition coefficient (Wildman–Crippen LogP) is 1.99. The second-order valence-electron chi connectivity index (χ2n) is 6.94. The van der Waals surface area contributed by atoms with E-state index in [9.17, 15) is 4.79 Å². The van der Waals surface area contributed by atoms with Crippen molar-refractivity contribution in [3.8, 4) is 17.0 Å². The van der Waals surface area contributed by atoms with Crippen molar-refractivity contribution in [2.45, 2.75) is 6.04 Å². The van der Waals surface area contributed by atoms with Gasteiger partial charge < -0.3 is 14.5 Å². The van der Waals surface area contributed by atoms with Gasteiger partial charge in [-0.2, -0.15) is 5.10 Å². The van der Waals surface area contributed by atoms with E-state index in [0.717, 1.165) is 0 Å². The Morgan fingerprint density at radius 2 is 1.93 bits per heavy atom. The summed E-state index contributed by atoms with van der Waals surface area (Å²) in [7, 11) is 5.08. The van der Waals surface area contributed by atoms with Gasteiger partial charge in [0, 0.05) is 38.9 Å². The van der Waals surface area contributed by atoms with Gasteiger partial charge in [0.05, 0.1) is 13.2 Å². The maximum absolute atomic E-state index is 15.1. The molecule has 0 spiro atoms. The van der Waals surface area contributed by atoms with Crippen LogP contribution in [0.1, 0.15) is 10.5 Å². The van der Waals surface area contributed by atoms with Gasteiger partial charge >= 0.3 is 0 Å². The third kappa shape index (κ3) is 3.51. The fourth-order valence-corrected chi connectivity index (χ4v) is 3.28. The molecule has 1 aliphatic heterocycles. The zero-order valence-electron chi connectivity index (χ0n) is 16.4. The normalized spacial score (nSPS) is 13.9. The summed E-state index contributed by atoms with van der Waals surface area (Å²) in [5.74, 6) is 0.294. The molecule has 9 heteroatoms. The Kier molecular flexibility index (Phi) is 4.87. The lowest BCUT2D eigenvalue weighted by atomic mass is 10.1. The van der Waals surface area contributed by atoms with Gasteiger partial charge in [0.1, 0.15) is 23.5 Å². The van der Waals surface area contributed by atoms with Crippen LogP contribution in [0.3, 0.4) is 0 Å². The van der Waals surface area contributed by atoms with E-state index in [1.807, 2.05) is 0 Å². The van der Waals surface area contributed by atoms with Gasteiger partial charge in [0.2, 0.25) is 0 Å². The average molecular weight is 396 g/mol. The van der Waals surface area contributed by atoms with E-state index in [2.05, 4.69) is 15.1 Å². The molecule has 0 N–H and O–H groups in total. The molecular formula is C20H21FN6O2. The maximum Gasteiger partial charge on any atom is 0.274 e. The lowest BCUT2D eigenvalue weighted by Gasteiger charge is -2.44. The molecular weight excluding hydrogens is 375 g/mol. The molecule has 0 saturated carbocycles. The van der Waals surface area contributed by atoms with Crippen molar-refractivity contribution in [1.29, 1.82) is 0 Å². The van der Waals surface area contributed by atoms with Gasteiger partial charge in [0.15, 0.2) is 11.6 Å². The number of aromatic nitrogens is 4. The minimum Gasteiger partial charge on any atom is -0.497 e. The summed E-state index contributed by atoms with van der Waals surface area (Å²) in [4.78, 5) is 24.2. The molecule has 29 heavy (non-hydrogen) atoms. The third-order valence-corrected chi connectivity index (χ3v) is 5.10. The van der Waals surface area contributed by atoms with E-state index in [1.54, 1.807) is 72.2 Å². The van der Waals surface area contributed by atoms with E-state index >= 15 is 4.39 Å². The van der Waals surface area contributed by atoms with Crippen LogP contribution in [0.5, 0.6) is 5.75 Å². The van der Waals surface area contributed by atoms with Gasteiger partial charge in [-0.3, -0.25) is 9.48 Å². The molecule has 3 heterocycles. The number of hydrogen-bond donors (Lipinski definition) is 0. The van der Waals surface area contributed by atoms with Gasteiger partial charge in [-0.1, -0.05) is 0 Å². The maximum atomic E-state index is 15.1. The third-order valence-electron chi connectivity index (χ3n) is 5.10. The Bertz CT molecular complexity index is 1030. The number of carbonyl (C=O) groups excluding carboxylic acids is 1. The van der Waals surface area contributed by atoms with Gasteiger partial charge in [-0.05, 0) is 30.3 Å². The zero-order chi connectivity index (χ0) is 20.5. The first-order valence-corrected chi connectivity index (χ1v) is 9.14. The Morgan fingerprint density at radius 1 is 1.21 bits per heavy atom. The van der Waals surface area contributed by atoms with Crippen LogP contribution in [-0.2, 0) is 7.05 Å². The molecule has 0 unspecified atom stereocenters. The highest BCUT2D eigenvalue weighted by Gasteiger charge is 2.36. The number of ether oxygens (including phenoxy) is 1. The molecule has 1 aromatic carbocycles. The predicted molar refractivity (Wildman–Crippen MR) is 105 cm³/mol. The lowest BCUT2D eigenvalue weighted by molar-refractivity contribution is 0.0698. The van der Waals surface area contributed by atoms with Crippen LogP contribution < -0.4 is 9.64 Å². The Balaban J connectivity index is 1.47. The first-order chi connectivity index (χ1) is 14.0. The highest BCUT2D eigenvalue weighted by molar-refractivity contribution is 5.92. The first kappa shape index (κ1) is 18.9. The summed E-state index contributed by atoms with van der Waals surface area (Å²) in [5.41, 5.74) is 1.27. The number of hydrogen-bond acceptors (Lipinski definition) is 6. The van der Waals surface area contributed by atoms with E-state index in [4.69, 9.17) is 4.74 Å². The Hall–Kier alpha value is -3.49. The van der Waals surface area contributed by atoms with E-state index in [-0.39, 0.29) is 23.5 Å². The van der Waals surface area contributed by atoms with Crippen molar-refractivity contribution in [1.82, 2.24) is 24.6 Å². The number of carbonyl (C=O) groups is 1. The number of anilines is 1. The number of rotatable bonds is 5. The van der Waals surface area contributed by atoms with E-state index in [1.165, 1.54) is 6.33 Å². The smallest absolute Gasteiger partial charge is 0.274 e. The van der Waals surface area contributed by atoms with Crippen molar-refractivity contribution < 1.29 is 13.9 Å². The fraction of sp³-hybridized carbons (Fsp3) is 0.300. The molecule has 0 aliphatic carbocycles. The molecule has 2 aromatic heterocycles. The molecule has 1 amide bonds. The number of nitrogens with zero attached hydrogens (tertiary/aromatic N) is 6. The Labute approximate surface area is 167 Å². The number of halogens is 1. The fourth-order valence-electron chi connectivity index (χ4n) is 3.28. The standard InChI is InChI=1S/C20H21FN6O2/c1-25-9-8-16(24-25)20(28)26(2)14-10-27(11-14)19-17(21)18(22-12-23-19)13-4-6-15(29-3)7-5-13/h4-9,12,14H,10-11H2,1-3H3. The molecule has 1 saturated heterocycles. The number of methoxy groups -OCH3 is 1. The van der Waals surface area contributed by atoms with Gasteiger partial charge in [-0.15, -0.1) is 0 Å². The van der Waals surface area contributed by atoms with Crippen molar-refractivity contribution >= 4 is 11.7 Å². The summed E-state index contributed by atoms with van der Waals surface area (Å²) in [5, 5.41) is 4.14. The van der Waals surface area contributed by atoms with Gasteiger partial charge in [0.25, 0.3) is 5.91 Å². The molecule has 0 bridgehead atoms. The summed E-state index contributed by atoms with van der Waals surface area (Å²) in [6, 6.07) is 8.67. The van der Waals surface area contributed by atoms with Crippen molar-refractivity contribution in [2.24, 2.45) is 7.05 Å². The number of amides is 1. The molecule has 3 aromatic rings. The van der Waals surface area contributed by atoms with E-state index < -0.39 is 5.82 Å². The molecule has 0 atom stereocenters. The quantitative estimate of drug-likeness (QED) is 0.657. The van der Waals surface area contributed by atoms with Crippen LogP contribution in [0.25, 0.3) is 11.3 Å². The zero-order valence-corrected chi connectivity index (χ0v) is 16.4. The summed E-state index contributed by atoms with van der Waals surface area (Å²) >= 11 is 0. The topological polar surface area (TPSA) is 76.4 Å². The van der Waals surface area contributed by atoms with Crippen LogP contribution in [0, 0.1) is 5.82 Å². The largest absolute Gasteiger partial charge is 0.497 e. The molecule has 1 fully saturated rings. The average Bonchev–Trinajstić information content (AvgIpc) is 3.14. The van der Waals surface area contributed by atoms with Crippen molar-refractivity contribution in [3.05, 3.63) is 54.4 Å². The summed E-state index contributed by atoms with van der Waals surface area (Å²) < 4.78 is 21.8. The van der Waals surface area contributed by atoms with Crippen molar-refractivity contribution in [3.63, 3.8) is 0 Å². The second-order valence-corrected chi connectivity index (χ2v) is 6.94. The van der Waals surface area contributed by atoms with Crippen LogP contribution in [-0.4, -0.2) is 63.8 Å². The first-order valence-electron chi connectivity index (χ1n) is 9.14. The second kappa shape index (κ2) is 7.50. The monoisotopic (exact) mass is 396 g/mol. The number of aryl methyl sites for hydroxylation is 1. The molecule has 4 rings (SSSR count). The molecule has 150 valence electrons.